The molecular weight excluding hydrogens is 290 g/mol. The summed E-state index contributed by atoms with van der Waals surface area (Å²) in [5.74, 6) is 0.837. The third kappa shape index (κ3) is 2.87. The van der Waals surface area contributed by atoms with Crippen molar-refractivity contribution in [2.75, 3.05) is 5.73 Å². The Bertz CT molecular complexity index is 753. The van der Waals surface area contributed by atoms with Crippen LogP contribution in [0.15, 0.2) is 29.9 Å². The summed E-state index contributed by atoms with van der Waals surface area (Å²) in [6.07, 6.45) is 2.84. The van der Waals surface area contributed by atoms with Crippen molar-refractivity contribution in [1.29, 1.82) is 0 Å². The van der Waals surface area contributed by atoms with Crippen LogP contribution < -0.4 is 11.1 Å². The number of aromatic amines is 1. The maximum atomic E-state index is 11.9. The summed E-state index contributed by atoms with van der Waals surface area (Å²) < 4.78 is 0. The Kier molecular flexibility index (Phi) is 3.56. The lowest BCUT2D eigenvalue weighted by atomic mass is 10.4. The lowest BCUT2D eigenvalue weighted by Crippen LogP contribution is -2.25. The monoisotopic (exact) mass is 301 g/mol. The van der Waals surface area contributed by atoms with Crippen molar-refractivity contribution in [3.05, 3.63) is 41.4 Å². The van der Waals surface area contributed by atoms with Gasteiger partial charge < -0.3 is 11.1 Å². The zero-order valence-electron chi connectivity index (χ0n) is 10.8. The number of thiophene rings is 1. The molecule has 0 atom stereocenters. The standard InChI is InChI=1S/C12H11N7OS/c13-10-9(14-3-4-15-10)12(20)16-6-8-17-11(19-18-8)7-2-1-5-21-7/h1-5H,6H2,(H2,13,15)(H,16,20)(H,17,18,19). The number of anilines is 1. The molecule has 0 aliphatic carbocycles. The van der Waals surface area contributed by atoms with Gasteiger partial charge in [0.15, 0.2) is 17.3 Å². The summed E-state index contributed by atoms with van der Waals surface area (Å²) >= 11 is 1.55. The van der Waals surface area contributed by atoms with Crippen LogP contribution in [0, 0.1) is 0 Å². The molecule has 0 bridgehead atoms. The number of carbonyl (C=O) groups excluding carboxylic acids is 1. The highest BCUT2D eigenvalue weighted by Crippen LogP contribution is 2.20. The van der Waals surface area contributed by atoms with Gasteiger partial charge in [-0.2, -0.15) is 5.10 Å². The largest absolute Gasteiger partial charge is 0.382 e. The molecule has 0 spiro atoms. The van der Waals surface area contributed by atoms with Gasteiger partial charge in [0.25, 0.3) is 5.91 Å². The van der Waals surface area contributed by atoms with Crippen molar-refractivity contribution in [3.8, 4) is 10.7 Å². The molecule has 0 radical (unpaired) electrons. The molecule has 3 aromatic rings. The molecule has 0 aromatic carbocycles. The van der Waals surface area contributed by atoms with E-state index in [2.05, 4.69) is 30.5 Å². The highest BCUT2D eigenvalue weighted by atomic mass is 32.1. The zero-order chi connectivity index (χ0) is 14.7. The van der Waals surface area contributed by atoms with E-state index >= 15 is 0 Å². The molecule has 0 aliphatic heterocycles. The third-order valence-electron chi connectivity index (χ3n) is 2.63. The molecular formula is C12H11N7OS. The van der Waals surface area contributed by atoms with Gasteiger partial charge in [0.05, 0.1) is 11.4 Å². The van der Waals surface area contributed by atoms with Crippen molar-refractivity contribution in [3.63, 3.8) is 0 Å². The van der Waals surface area contributed by atoms with Gasteiger partial charge in [0, 0.05) is 12.4 Å². The smallest absolute Gasteiger partial charge is 0.274 e. The van der Waals surface area contributed by atoms with Gasteiger partial charge >= 0.3 is 0 Å². The fourth-order valence-corrected chi connectivity index (χ4v) is 2.32. The number of nitrogens with one attached hydrogen (secondary N) is 2. The normalized spacial score (nSPS) is 10.5. The van der Waals surface area contributed by atoms with Gasteiger partial charge in [-0.3, -0.25) is 9.89 Å². The van der Waals surface area contributed by atoms with Gasteiger partial charge in [0.1, 0.15) is 5.82 Å². The van der Waals surface area contributed by atoms with E-state index in [9.17, 15) is 4.79 Å². The van der Waals surface area contributed by atoms with Crippen molar-refractivity contribution in [1.82, 2.24) is 30.5 Å². The van der Waals surface area contributed by atoms with E-state index < -0.39 is 5.91 Å². The summed E-state index contributed by atoms with van der Waals surface area (Å²) in [6.45, 7) is 0.202. The molecule has 9 heteroatoms. The average molecular weight is 301 g/mol. The molecule has 0 fully saturated rings. The molecule has 0 saturated carbocycles. The number of aromatic nitrogens is 5. The Morgan fingerprint density at radius 3 is 3.00 bits per heavy atom. The zero-order valence-corrected chi connectivity index (χ0v) is 11.6. The molecule has 3 aromatic heterocycles. The minimum atomic E-state index is -0.408. The summed E-state index contributed by atoms with van der Waals surface area (Å²) in [4.78, 5) is 24.9. The second-order valence-electron chi connectivity index (χ2n) is 4.06. The number of carbonyl (C=O) groups is 1. The van der Waals surface area contributed by atoms with Crippen molar-refractivity contribution < 1.29 is 4.79 Å². The molecule has 0 aliphatic rings. The molecule has 3 heterocycles. The number of nitrogens with zero attached hydrogens (tertiary/aromatic N) is 4. The number of nitrogens with two attached hydrogens (primary N) is 1. The molecule has 0 unspecified atom stereocenters. The highest BCUT2D eigenvalue weighted by molar-refractivity contribution is 7.13. The van der Waals surface area contributed by atoms with Crippen LogP contribution in [0.25, 0.3) is 10.7 Å². The van der Waals surface area contributed by atoms with E-state index in [1.54, 1.807) is 11.3 Å². The highest BCUT2D eigenvalue weighted by Gasteiger charge is 2.13. The number of hydrogen-bond acceptors (Lipinski definition) is 7. The third-order valence-corrected chi connectivity index (χ3v) is 3.50. The van der Waals surface area contributed by atoms with Gasteiger partial charge in [0.2, 0.25) is 0 Å². The number of H-pyrrole nitrogens is 1. The first-order chi connectivity index (χ1) is 10.2. The van der Waals surface area contributed by atoms with Gasteiger partial charge in [-0.05, 0) is 11.4 Å². The minimum absolute atomic E-state index is 0.0897. The maximum absolute atomic E-state index is 11.9. The molecule has 106 valence electrons. The Balaban J connectivity index is 1.66. The molecule has 1 amide bonds. The van der Waals surface area contributed by atoms with E-state index in [1.807, 2.05) is 17.5 Å². The van der Waals surface area contributed by atoms with E-state index in [-0.39, 0.29) is 18.1 Å². The lowest BCUT2D eigenvalue weighted by Gasteiger charge is -2.03. The fraction of sp³-hybridized carbons (Fsp3) is 0.0833. The lowest BCUT2D eigenvalue weighted by molar-refractivity contribution is 0.0945. The summed E-state index contributed by atoms with van der Waals surface area (Å²) in [6, 6.07) is 3.85. The molecule has 3 rings (SSSR count). The number of amides is 1. The van der Waals surface area contributed by atoms with Crippen molar-refractivity contribution in [2.45, 2.75) is 6.54 Å². The molecule has 21 heavy (non-hydrogen) atoms. The van der Waals surface area contributed by atoms with Crippen LogP contribution in [0.5, 0.6) is 0 Å². The Morgan fingerprint density at radius 2 is 2.24 bits per heavy atom. The van der Waals surface area contributed by atoms with Crippen LogP contribution in [-0.4, -0.2) is 31.1 Å². The van der Waals surface area contributed by atoms with Gasteiger partial charge in [-0.15, -0.1) is 11.3 Å². The van der Waals surface area contributed by atoms with Crippen LogP contribution in [0.2, 0.25) is 0 Å². The second-order valence-corrected chi connectivity index (χ2v) is 5.00. The number of nitrogen functional groups attached to an aromatic ring is 1. The Labute approximate surface area is 123 Å². The van der Waals surface area contributed by atoms with Crippen LogP contribution in [0.3, 0.4) is 0 Å². The van der Waals surface area contributed by atoms with Crippen LogP contribution in [-0.2, 0) is 6.54 Å². The van der Waals surface area contributed by atoms with Crippen LogP contribution >= 0.6 is 11.3 Å². The predicted molar refractivity (Wildman–Crippen MR) is 77.3 cm³/mol. The first kappa shape index (κ1) is 13.2. The predicted octanol–water partition coefficient (Wildman–Crippen LogP) is 0.835. The van der Waals surface area contributed by atoms with E-state index in [1.165, 1.54) is 12.4 Å². The topological polar surface area (TPSA) is 122 Å². The summed E-state index contributed by atoms with van der Waals surface area (Å²) in [7, 11) is 0. The summed E-state index contributed by atoms with van der Waals surface area (Å²) in [5, 5.41) is 11.5. The van der Waals surface area contributed by atoms with Crippen LogP contribution in [0.4, 0.5) is 5.82 Å². The molecule has 0 saturated heterocycles. The average Bonchev–Trinajstić information content (AvgIpc) is 3.16. The second kappa shape index (κ2) is 5.67. The van der Waals surface area contributed by atoms with E-state index in [4.69, 9.17) is 5.73 Å². The van der Waals surface area contributed by atoms with Crippen molar-refractivity contribution in [2.24, 2.45) is 0 Å². The maximum Gasteiger partial charge on any atom is 0.274 e. The fourth-order valence-electron chi connectivity index (χ4n) is 1.66. The first-order valence-electron chi connectivity index (χ1n) is 6.04. The molecule has 8 nitrogen and oxygen atoms in total. The summed E-state index contributed by atoms with van der Waals surface area (Å²) in [5.41, 5.74) is 5.68. The van der Waals surface area contributed by atoms with Crippen molar-refractivity contribution >= 4 is 23.1 Å². The molecule has 4 N–H and O–H groups in total. The first-order valence-corrected chi connectivity index (χ1v) is 6.92. The van der Waals surface area contributed by atoms with Crippen LogP contribution in [0.1, 0.15) is 16.3 Å². The minimum Gasteiger partial charge on any atom is -0.382 e. The van der Waals surface area contributed by atoms with Gasteiger partial charge in [-0.1, -0.05) is 6.07 Å². The van der Waals surface area contributed by atoms with Gasteiger partial charge in [-0.25, -0.2) is 15.0 Å². The Hall–Kier alpha value is -2.81. The van der Waals surface area contributed by atoms with E-state index in [0.717, 1.165) is 4.88 Å². The van der Waals surface area contributed by atoms with E-state index in [0.29, 0.717) is 11.6 Å². The SMILES string of the molecule is Nc1nccnc1C(=O)NCc1nc(-c2cccs2)n[nH]1. The number of hydrogen-bond donors (Lipinski definition) is 3. The quantitative estimate of drug-likeness (QED) is 0.656. The Morgan fingerprint density at radius 1 is 1.38 bits per heavy atom. The number of rotatable bonds is 4.